The van der Waals surface area contributed by atoms with Gasteiger partial charge in [0.05, 0.1) is 12.0 Å². The highest BCUT2D eigenvalue weighted by molar-refractivity contribution is 9.10. The molecule has 0 atom stereocenters. The van der Waals surface area contributed by atoms with E-state index in [4.69, 9.17) is 10.5 Å². The molecular weight excluding hydrogens is 242 g/mol. The van der Waals surface area contributed by atoms with Gasteiger partial charge in [-0.2, -0.15) is 0 Å². The number of anilines is 1. The summed E-state index contributed by atoms with van der Waals surface area (Å²) < 4.78 is 5.10. The van der Waals surface area contributed by atoms with Crippen LogP contribution < -0.4 is 10.5 Å². The fraction of sp³-hybridized carbons (Fsp3) is 0.167. The maximum atomic E-state index is 10.4. The molecule has 0 aromatic carbocycles. The summed E-state index contributed by atoms with van der Waals surface area (Å²) in [6.45, 7) is 0. The molecule has 70 valence electrons. The summed E-state index contributed by atoms with van der Waals surface area (Å²) in [6, 6.07) is 0. The molecule has 1 rings (SSSR count). The number of hydrogen-bond acceptors (Lipinski definition) is 5. The molecule has 0 saturated carbocycles. The Hall–Kier alpha value is -1.37. The average molecular weight is 248 g/mol. The van der Waals surface area contributed by atoms with Crippen molar-refractivity contribution in [1.29, 1.82) is 0 Å². The molecule has 0 fully saturated rings. The monoisotopic (exact) mass is 247 g/mol. The third-order valence-corrected chi connectivity index (χ3v) is 2.16. The van der Waals surface area contributed by atoms with Crippen molar-refractivity contribution < 1.29 is 9.66 Å². The van der Waals surface area contributed by atoms with E-state index in [0.717, 1.165) is 6.20 Å². The highest BCUT2D eigenvalue weighted by Crippen LogP contribution is 2.34. The first-order chi connectivity index (χ1) is 6.07. The lowest BCUT2D eigenvalue weighted by atomic mass is 10.3. The van der Waals surface area contributed by atoms with Crippen molar-refractivity contribution in [3.63, 3.8) is 0 Å². The van der Waals surface area contributed by atoms with E-state index in [1.54, 1.807) is 0 Å². The fourth-order valence-electron chi connectivity index (χ4n) is 0.761. The van der Waals surface area contributed by atoms with Gasteiger partial charge in [0.15, 0.2) is 0 Å². The van der Waals surface area contributed by atoms with Crippen LogP contribution in [0.15, 0.2) is 10.7 Å². The Labute approximate surface area is 82.0 Å². The molecular formula is C6H6BrN3O3. The molecule has 1 aromatic rings. The number of rotatable bonds is 2. The normalized spacial score (nSPS) is 9.69. The van der Waals surface area contributed by atoms with Crippen molar-refractivity contribution in [2.75, 3.05) is 12.8 Å². The van der Waals surface area contributed by atoms with E-state index >= 15 is 0 Å². The van der Waals surface area contributed by atoms with Crippen molar-refractivity contribution in [3.05, 3.63) is 20.8 Å². The molecule has 0 unspecified atom stereocenters. The third kappa shape index (κ3) is 1.69. The average Bonchev–Trinajstić information content (AvgIpc) is 2.09. The quantitative estimate of drug-likeness (QED) is 0.629. The van der Waals surface area contributed by atoms with E-state index in [2.05, 4.69) is 20.9 Å². The predicted molar refractivity (Wildman–Crippen MR) is 49.6 cm³/mol. The van der Waals surface area contributed by atoms with Gasteiger partial charge in [-0.3, -0.25) is 10.1 Å². The van der Waals surface area contributed by atoms with Crippen LogP contribution >= 0.6 is 15.9 Å². The minimum absolute atomic E-state index is 0.0110. The predicted octanol–water partition coefficient (Wildman–Crippen LogP) is 1.34. The van der Waals surface area contributed by atoms with Crippen molar-refractivity contribution in [1.82, 2.24) is 4.98 Å². The highest BCUT2D eigenvalue weighted by Gasteiger charge is 2.18. The summed E-state index contributed by atoms with van der Waals surface area (Å²) >= 11 is 3.04. The number of ether oxygens (including phenoxy) is 1. The molecule has 13 heavy (non-hydrogen) atoms. The van der Waals surface area contributed by atoms with Gasteiger partial charge < -0.3 is 10.5 Å². The lowest BCUT2D eigenvalue weighted by molar-refractivity contribution is -0.384. The molecule has 0 aliphatic carbocycles. The number of aromatic nitrogens is 1. The van der Waals surface area contributed by atoms with Gasteiger partial charge in [-0.05, 0) is 15.9 Å². The molecule has 7 heteroatoms. The zero-order chi connectivity index (χ0) is 10.0. The number of halogens is 1. The number of pyridine rings is 1. The van der Waals surface area contributed by atoms with Crippen molar-refractivity contribution >= 4 is 27.3 Å². The van der Waals surface area contributed by atoms with E-state index in [0.29, 0.717) is 4.47 Å². The smallest absolute Gasteiger partial charge is 0.311 e. The van der Waals surface area contributed by atoms with Crippen LogP contribution in [0.4, 0.5) is 11.4 Å². The van der Waals surface area contributed by atoms with Gasteiger partial charge in [0.2, 0.25) is 5.88 Å². The Kier molecular flexibility index (Phi) is 2.66. The SMILES string of the molecule is COc1ncc([N+](=O)[O-])c(N)c1Br. The summed E-state index contributed by atoms with van der Waals surface area (Å²) in [6.07, 6.45) is 1.05. The van der Waals surface area contributed by atoms with Gasteiger partial charge in [-0.15, -0.1) is 0 Å². The van der Waals surface area contributed by atoms with E-state index in [9.17, 15) is 10.1 Å². The second-order valence-electron chi connectivity index (χ2n) is 2.14. The third-order valence-electron chi connectivity index (χ3n) is 1.39. The summed E-state index contributed by atoms with van der Waals surface area (Å²) in [7, 11) is 1.40. The molecule has 0 aliphatic rings. The van der Waals surface area contributed by atoms with Gasteiger partial charge in [0.25, 0.3) is 0 Å². The summed E-state index contributed by atoms with van der Waals surface area (Å²) in [5, 5.41) is 10.4. The Bertz CT molecular complexity index is 355. The zero-order valence-corrected chi connectivity index (χ0v) is 8.24. The maximum absolute atomic E-state index is 10.4. The highest BCUT2D eigenvalue weighted by atomic mass is 79.9. The van der Waals surface area contributed by atoms with Crippen molar-refractivity contribution in [3.8, 4) is 5.88 Å². The number of nitrogens with zero attached hydrogens (tertiary/aromatic N) is 2. The van der Waals surface area contributed by atoms with Crippen molar-refractivity contribution in [2.45, 2.75) is 0 Å². The standard InChI is InChI=1S/C6H6BrN3O3/c1-13-6-4(7)5(8)3(2-9-6)10(11)12/h2H,1H3,(H2,8,9). The van der Waals surface area contributed by atoms with Gasteiger partial charge in [0.1, 0.15) is 16.4 Å². The first-order valence-corrected chi connectivity index (χ1v) is 3.99. The number of nitrogens with two attached hydrogens (primary N) is 1. The number of nitrogen functional groups attached to an aromatic ring is 1. The van der Waals surface area contributed by atoms with Crippen LogP contribution in [0.3, 0.4) is 0 Å². The summed E-state index contributed by atoms with van der Waals surface area (Å²) in [5.41, 5.74) is 5.22. The van der Waals surface area contributed by atoms with Gasteiger partial charge in [0, 0.05) is 0 Å². The molecule has 0 saturated heterocycles. The second-order valence-corrected chi connectivity index (χ2v) is 2.93. The minimum Gasteiger partial charge on any atom is -0.480 e. The Morgan fingerprint density at radius 3 is 2.85 bits per heavy atom. The molecule has 0 radical (unpaired) electrons. The Morgan fingerprint density at radius 2 is 2.38 bits per heavy atom. The molecule has 0 amide bonds. The number of methoxy groups -OCH3 is 1. The lowest BCUT2D eigenvalue weighted by Crippen LogP contribution is -2.00. The number of hydrogen-bond donors (Lipinski definition) is 1. The topological polar surface area (TPSA) is 91.3 Å². The van der Waals surface area contributed by atoms with E-state index in [-0.39, 0.29) is 17.3 Å². The van der Waals surface area contributed by atoms with E-state index < -0.39 is 4.92 Å². The lowest BCUT2D eigenvalue weighted by Gasteiger charge is -2.03. The minimum atomic E-state index is -0.605. The second kappa shape index (κ2) is 3.56. The van der Waals surface area contributed by atoms with Crippen LogP contribution in [0.25, 0.3) is 0 Å². The van der Waals surface area contributed by atoms with Crippen LogP contribution in [0, 0.1) is 10.1 Å². The van der Waals surface area contributed by atoms with Crippen LogP contribution in [0.2, 0.25) is 0 Å². The summed E-state index contributed by atoms with van der Waals surface area (Å²) in [4.78, 5) is 13.5. The van der Waals surface area contributed by atoms with Gasteiger partial charge >= 0.3 is 5.69 Å². The largest absolute Gasteiger partial charge is 0.480 e. The van der Waals surface area contributed by atoms with E-state index in [1.165, 1.54) is 7.11 Å². The van der Waals surface area contributed by atoms with Crippen LogP contribution in [-0.2, 0) is 0 Å². The van der Waals surface area contributed by atoms with Gasteiger partial charge in [-0.25, -0.2) is 4.98 Å². The zero-order valence-electron chi connectivity index (χ0n) is 6.65. The Balaban J connectivity index is 3.31. The maximum Gasteiger partial charge on any atom is 0.311 e. The van der Waals surface area contributed by atoms with E-state index in [1.807, 2.05) is 0 Å². The molecule has 0 spiro atoms. The molecule has 1 heterocycles. The summed E-state index contributed by atoms with van der Waals surface area (Å²) in [5.74, 6) is 0.225. The Morgan fingerprint density at radius 1 is 1.77 bits per heavy atom. The molecule has 0 bridgehead atoms. The van der Waals surface area contributed by atoms with Crippen LogP contribution in [0.1, 0.15) is 0 Å². The van der Waals surface area contributed by atoms with Crippen LogP contribution in [0.5, 0.6) is 5.88 Å². The fourth-order valence-corrected chi connectivity index (χ4v) is 1.23. The van der Waals surface area contributed by atoms with Crippen LogP contribution in [-0.4, -0.2) is 17.0 Å². The first kappa shape index (κ1) is 9.72. The molecule has 1 aromatic heterocycles. The molecule has 6 nitrogen and oxygen atoms in total. The molecule has 0 aliphatic heterocycles. The van der Waals surface area contributed by atoms with Crippen molar-refractivity contribution in [2.24, 2.45) is 0 Å². The molecule has 2 N–H and O–H groups in total. The number of nitro groups is 1. The first-order valence-electron chi connectivity index (χ1n) is 3.20. The van der Waals surface area contributed by atoms with Gasteiger partial charge in [-0.1, -0.05) is 0 Å².